The van der Waals surface area contributed by atoms with Gasteiger partial charge in [0.2, 0.25) is 0 Å². The van der Waals surface area contributed by atoms with Crippen LogP contribution in [0.15, 0.2) is 0 Å². The number of aliphatic carboxylic acids is 1. The maximum atomic E-state index is 10.8. The van der Waals surface area contributed by atoms with E-state index in [-0.39, 0.29) is 39.3 Å². The van der Waals surface area contributed by atoms with E-state index in [9.17, 15) is 14.7 Å². The van der Waals surface area contributed by atoms with Crippen molar-refractivity contribution in [3.63, 3.8) is 0 Å². The Morgan fingerprint density at radius 1 is 1.14 bits per heavy atom. The van der Waals surface area contributed by atoms with Gasteiger partial charge in [-0.3, -0.25) is 4.79 Å². The van der Waals surface area contributed by atoms with Gasteiger partial charge in [-0.2, -0.15) is 0 Å². The molecule has 0 fully saturated rings. The minimum Gasteiger partial charge on any atom is -0.550 e. The average Bonchev–Trinajstić information content (AvgIpc) is 2.14. The van der Waals surface area contributed by atoms with E-state index in [2.05, 4.69) is 4.74 Å². The molecule has 0 aliphatic rings. The summed E-state index contributed by atoms with van der Waals surface area (Å²) < 4.78 is 9.41. The molecular weight excluding hydrogens is 192 g/mol. The molecule has 0 aromatic carbocycles. The van der Waals surface area contributed by atoms with Crippen LogP contribution in [0.3, 0.4) is 0 Å². The molecule has 0 radical (unpaired) electrons. The van der Waals surface area contributed by atoms with Gasteiger partial charge < -0.3 is 24.5 Å². The van der Waals surface area contributed by atoms with Crippen LogP contribution in [0.25, 0.3) is 0 Å². The predicted octanol–water partition coefficient (Wildman–Crippen LogP) is -1.93. The standard InChI is InChI=1S/C8H14O6/c9-3-4-13-5-6-14-8(12)2-1-7(10)11/h9H,1-6H2,(H,10,11)/p-1. The number of carboxylic acids is 1. The zero-order valence-electron chi connectivity index (χ0n) is 7.73. The highest BCUT2D eigenvalue weighted by Gasteiger charge is 2.01. The van der Waals surface area contributed by atoms with Crippen LogP contribution < -0.4 is 5.11 Å². The third-order valence-corrected chi connectivity index (χ3v) is 1.26. The van der Waals surface area contributed by atoms with Crippen LogP contribution in [0.2, 0.25) is 0 Å². The number of carbonyl (C=O) groups excluding carboxylic acids is 2. The lowest BCUT2D eigenvalue weighted by Gasteiger charge is -2.05. The van der Waals surface area contributed by atoms with Crippen molar-refractivity contribution in [2.24, 2.45) is 0 Å². The number of carboxylic acid groups (broad SMARTS) is 1. The van der Waals surface area contributed by atoms with Crippen LogP contribution in [-0.4, -0.2) is 43.5 Å². The quantitative estimate of drug-likeness (QED) is 0.366. The normalized spacial score (nSPS) is 9.79. The Morgan fingerprint density at radius 3 is 2.43 bits per heavy atom. The minimum atomic E-state index is -1.28. The van der Waals surface area contributed by atoms with Crippen LogP contribution in [0, 0.1) is 0 Å². The third kappa shape index (κ3) is 8.95. The average molecular weight is 205 g/mol. The summed E-state index contributed by atoms with van der Waals surface area (Å²) >= 11 is 0. The van der Waals surface area contributed by atoms with Crippen molar-refractivity contribution in [1.29, 1.82) is 0 Å². The smallest absolute Gasteiger partial charge is 0.306 e. The van der Waals surface area contributed by atoms with Gasteiger partial charge in [-0.05, 0) is 6.42 Å². The molecule has 0 saturated carbocycles. The second kappa shape index (κ2) is 8.46. The Kier molecular flexibility index (Phi) is 7.77. The summed E-state index contributed by atoms with van der Waals surface area (Å²) in [6, 6.07) is 0. The molecule has 0 aliphatic heterocycles. The highest BCUT2D eigenvalue weighted by atomic mass is 16.6. The lowest BCUT2D eigenvalue weighted by Crippen LogP contribution is -2.23. The molecule has 6 heteroatoms. The predicted molar refractivity (Wildman–Crippen MR) is 43.1 cm³/mol. The SMILES string of the molecule is O=C([O-])CCC(=O)OCCOCCO. The van der Waals surface area contributed by atoms with Gasteiger partial charge in [-0.25, -0.2) is 0 Å². The van der Waals surface area contributed by atoms with Gasteiger partial charge in [-0.15, -0.1) is 0 Å². The van der Waals surface area contributed by atoms with Crippen LogP contribution in [0.1, 0.15) is 12.8 Å². The molecule has 0 aromatic rings. The molecule has 0 spiro atoms. The Bertz CT molecular complexity index is 179. The fourth-order valence-corrected chi connectivity index (χ4v) is 0.657. The summed E-state index contributed by atoms with van der Waals surface area (Å²) in [5.74, 6) is -1.87. The van der Waals surface area contributed by atoms with Crippen molar-refractivity contribution < 1.29 is 29.3 Å². The second-order valence-electron chi connectivity index (χ2n) is 2.43. The highest BCUT2D eigenvalue weighted by molar-refractivity contribution is 5.75. The van der Waals surface area contributed by atoms with E-state index >= 15 is 0 Å². The monoisotopic (exact) mass is 205 g/mol. The molecule has 14 heavy (non-hydrogen) atoms. The highest BCUT2D eigenvalue weighted by Crippen LogP contribution is 1.91. The maximum Gasteiger partial charge on any atom is 0.306 e. The molecule has 0 atom stereocenters. The van der Waals surface area contributed by atoms with Gasteiger partial charge in [0.05, 0.1) is 26.2 Å². The fourth-order valence-electron chi connectivity index (χ4n) is 0.657. The number of rotatable bonds is 8. The van der Waals surface area contributed by atoms with Gasteiger partial charge in [0.25, 0.3) is 0 Å². The van der Waals surface area contributed by atoms with Crippen LogP contribution >= 0.6 is 0 Å². The summed E-state index contributed by atoms with van der Waals surface area (Å²) in [4.78, 5) is 20.7. The number of hydrogen-bond acceptors (Lipinski definition) is 6. The van der Waals surface area contributed by atoms with Crippen LogP contribution in [0.5, 0.6) is 0 Å². The second-order valence-corrected chi connectivity index (χ2v) is 2.43. The van der Waals surface area contributed by atoms with E-state index in [1.807, 2.05) is 0 Å². The van der Waals surface area contributed by atoms with E-state index in [1.165, 1.54) is 0 Å². The first-order valence-electron chi connectivity index (χ1n) is 4.21. The van der Waals surface area contributed by atoms with Crippen molar-refractivity contribution in [1.82, 2.24) is 0 Å². The molecule has 0 aliphatic carbocycles. The maximum absolute atomic E-state index is 10.8. The van der Waals surface area contributed by atoms with Gasteiger partial charge in [0, 0.05) is 5.97 Å². The van der Waals surface area contributed by atoms with Gasteiger partial charge >= 0.3 is 5.97 Å². The molecular formula is C8H13O6-. The number of carbonyl (C=O) groups is 2. The zero-order valence-corrected chi connectivity index (χ0v) is 7.73. The Balaban J connectivity index is 3.22. The van der Waals surface area contributed by atoms with Gasteiger partial charge in [0.15, 0.2) is 0 Å². The first kappa shape index (κ1) is 12.9. The van der Waals surface area contributed by atoms with Crippen LogP contribution in [-0.2, 0) is 19.1 Å². The first-order chi connectivity index (χ1) is 6.66. The van der Waals surface area contributed by atoms with E-state index < -0.39 is 11.9 Å². The number of hydrogen-bond donors (Lipinski definition) is 1. The Labute approximate surface area is 81.4 Å². The molecule has 6 nitrogen and oxygen atoms in total. The van der Waals surface area contributed by atoms with Gasteiger partial charge in [0.1, 0.15) is 6.61 Å². The summed E-state index contributed by atoms with van der Waals surface area (Å²) in [5, 5.41) is 18.3. The molecule has 0 aromatic heterocycles. The third-order valence-electron chi connectivity index (χ3n) is 1.26. The van der Waals surface area contributed by atoms with E-state index in [0.717, 1.165) is 0 Å². The molecule has 82 valence electrons. The number of esters is 1. The van der Waals surface area contributed by atoms with Crippen molar-refractivity contribution >= 4 is 11.9 Å². The summed E-state index contributed by atoms with van der Waals surface area (Å²) in [6.45, 7) is 0.360. The minimum absolute atomic E-state index is 0.0614. The summed E-state index contributed by atoms with van der Waals surface area (Å²) in [6.07, 6.45) is -0.529. The largest absolute Gasteiger partial charge is 0.550 e. The molecule has 0 unspecified atom stereocenters. The molecule has 0 saturated heterocycles. The van der Waals surface area contributed by atoms with Crippen molar-refractivity contribution in [3.05, 3.63) is 0 Å². The van der Waals surface area contributed by atoms with E-state index in [1.54, 1.807) is 0 Å². The molecule has 1 N–H and O–H groups in total. The Hall–Kier alpha value is -1.14. The Morgan fingerprint density at radius 2 is 1.86 bits per heavy atom. The lowest BCUT2D eigenvalue weighted by molar-refractivity contribution is -0.305. The van der Waals surface area contributed by atoms with Gasteiger partial charge in [-0.1, -0.05) is 0 Å². The van der Waals surface area contributed by atoms with Crippen molar-refractivity contribution in [2.75, 3.05) is 26.4 Å². The summed E-state index contributed by atoms with van der Waals surface area (Å²) in [7, 11) is 0. The number of aliphatic hydroxyl groups excluding tert-OH is 1. The molecule has 0 heterocycles. The van der Waals surface area contributed by atoms with E-state index in [0.29, 0.717) is 0 Å². The van der Waals surface area contributed by atoms with Crippen molar-refractivity contribution in [3.8, 4) is 0 Å². The molecule has 0 rings (SSSR count). The lowest BCUT2D eigenvalue weighted by atomic mass is 10.3. The molecule has 0 amide bonds. The van der Waals surface area contributed by atoms with Crippen molar-refractivity contribution in [2.45, 2.75) is 12.8 Å². The zero-order chi connectivity index (χ0) is 10.8. The fraction of sp³-hybridized carbons (Fsp3) is 0.750. The topological polar surface area (TPSA) is 95.9 Å². The summed E-state index contributed by atoms with van der Waals surface area (Å²) in [5.41, 5.74) is 0. The first-order valence-corrected chi connectivity index (χ1v) is 4.21. The van der Waals surface area contributed by atoms with E-state index in [4.69, 9.17) is 9.84 Å². The molecule has 0 bridgehead atoms. The number of ether oxygens (including phenoxy) is 2. The van der Waals surface area contributed by atoms with Crippen LogP contribution in [0.4, 0.5) is 0 Å². The number of aliphatic hydroxyl groups is 1.